The molecule has 1 aliphatic heterocycles. The van der Waals surface area contributed by atoms with E-state index in [-0.39, 0.29) is 16.7 Å². The van der Waals surface area contributed by atoms with Crippen molar-refractivity contribution >= 4 is 15.9 Å². The van der Waals surface area contributed by atoms with Gasteiger partial charge in [-0.1, -0.05) is 12.1 Å². The van der Waals surface area contributed by atoms with Crippen molar-refractivity contribution in [2.75, 3.05) is 13.1 Å². The van der Waals surface area contributed by atoms with Gasteiger partial charge in [-0.2, -0.15) is 4.31 Å². The fourth-order valence-electron chi connectivity index (χ4n) is 3.14. The Kier molecular flexibility index (Phi) is 5.20. The minimum Gasteiger partial charge on any atom is -0.353 e. The summed E-state index contributed by atoms with van der Waals surface area (Å²) in [4.78, 5) is 11.5. The molecular formula is C17H23FN2O3S. The number of nitrogens with zero attached hydrogens (tertiary/aromatic N) is 1. The minimum absolute atomic E-state index is 0.0478. The number of hydrogen-bond donors (Lipinski definition) is 1. The maximum Gasteiger partial charge on any atom is 0.245 e. The predicted molar refractivity (Wildman–Crippen MR) is 88.3 cm³/mol. The predicted octanol–water partition coefficient (Wildman–Crippen LogP) is 2.29. The number of sulfonamides is 1. The molecule has 0 aromatic heterocycles. The lowest BCUT2D eigenvalue weighted by Crippen LogP contribution is -2.40. The number of rotatable bonds is 6. The molecule has 1 saturated carbocycles. The molecule has 2 fully saturated rings. The highest BCUT2D eigenvalue weighted by molar-refractivity contribution is 7.89. The van der Waals surface area contributed by atoms with Crippen LogP contribution in [0.4, 0.5) is 4.39 Å². The Morgan fingerprint density at radius 3 is 2.71 bits per heavy atom. The van der Waals surface area contributed by atoms with Crippen molar-refractivity contribution in [3.8, 4) is 0 Å². The van der Waals surface area contributed by atoms with Gasteiger partial charge in [0.2, 0.25) is 15.9 Å². The molecule has 1 saturated heterocycles. The van der Waals surface area contributed by atoms with Crippen LogP contribution >= 0.6 is 0 Å². The molecule has 1 aromatic carbocycles. The average molecular weight is 354 g/mol. The van der Waals surface area contributed by atoms with Gasteiger partial charge in [-0.3, -0.25) is 4.79 Å². The van der Waals surface area contributed by atoms with E-state index in [9.17, 15) is 17.6 Å². The Morgan fingerprint density at radius 2 is 2.00 bits per heavy atom. The summed E-state index contributed by atoms with van der Waals surface area (Å²) in [5, 5.41) is 2.95. The van der Waals surface area contributed by atoms with Crippen molar-refractivity contribution in [1.29, 1.82) is 0 Å². The van der Waals surface area contributed by atoms with Gasteiger partial charge in [0.15, 0.2) is 0 Å². The summed E-state index contributed by atoms with van der Waals surface area (Å²) in [7, 11) is -3.82. The number of piperidine rings is 1. The largest absolute Gasteiger partial charge is 0.353 e. The van der Waals surface area contributed by atoms with E-state index in [1.165, 1.54) is 22.5 Å². The van der Waals surface area contributed by atoms with Crippen LogP contribution < -0.4 is 5.32 Å². The zero-order valence-corrected chi connectivity index (χ0v) is 14.4. The number of carbonyl (C=O) groups is 1. The summed E-state index contributed by atoms with van der Waals surface area (Å²) in [6.07, 6.45) is 4.85. The van der Waals surface area contributed by atoms with Crippen molar-refractivity contribution in [3.63, 3.8) is 0 Å². The quantitative estimate of drug-likeness (QED) is 0.852. The molecule has 0 bridgehead atoms. The van der Waals surface area contributed by atoms with Crippen LogP contribution in [0.1, 0.15) is 38.5 Å². The monoisotopic (exact) mass is 354 g/mol. The maximum absolute atomic E-state index is 13.9. The van der Waals surface area contributed by atoms with E-state index in [2.05, 4.69) is 5.32 Å². The number of hydrogen-bond acceptors (Lipinski definition) is 3. The molecule has 1 N–H and O–H groups in total. The van der Waals surface area contributed by atoms with Crippen molar-refractivity contribution in [1.82, 2.24) is 9.62 Å². The summed E-state index contributed by atoms with van der Waals surface area (Å²) >= 11 is 0. The second kappa shape index (κ2) is 7.19. The molecule has 3 rings (SSSR count). The molecule has 1 atom stereocenters. The standard InChI is InChI=1S/C17H23FN2O3S/c18-15-5-1-2-6-16(15)24(22,23)20-11-3-4-13(12-20)7-10-17(21)19-14-8-9-14/h1-2,5-6,13-14H,3-4,7-12H2,(H,19,21). The second-order valence-corrected chi connectivity index (χ2v) is 8.59. The Hall–Kier alpha value is -1.47. The first kappa shape index (κ1) is 17.4. The summed E-state index contributed by atoms with van der Waals surface area (Å²) in [6, 6.07) is 5.82. The topological polar surface area (TPSA) is 66.5 Å². The number of carbonyl (C=O) groups excluding carboxylic acids is 1. The Labute approximate surface area is 142 Å². The first-order valence-corrected chi connectivity index (χ1v) is 9.95. The van der Waals surface area contributed by atoms with Crippen LogP contribution in [0.5, 0.6) is 0 Å². The molecule has 7 heteroatoms. The van der Waals surface area contributed by atoms with Gasteiger partial charge >= 0.3 is 0 Å². The Balaban J connectivity index is 1.60. The lowest BCUT2D eigenvalue weighted by atomic mass is 9.94. The lowest BCUT2D eigenvalue weighted by Gasteiger charge is -2.32. The van der Waals surface area contributed by atoms with Gasteiger partial charge in [-0.05, 0) is 50.2 Å². The minimum atomic E-state index is -3.82. The van der Waals surface area contributed by atoms with Crippen LogP contribution in [0.3, 0.4) is 0 Å². The highest BCUT2D eigenvalue weighted by Gasteiger charge is 2.32. The van der Waals surface area contributed by atoms with Crippen LogP contribution in [0.25, 0.3) is 0 Å². The molecule has 5 nitrogen and oxygen atoms in total. The third kappa shape index (κ3) is 4.13. The number of halogens is 1. The number of benzene rings is 1. The fraction of sp³-hybridized carbons (Fsp3) is 0.588. The zero-order valence-electron chi connectivity index (χ0n) is 13.6. The lowest BCUT2D eigenvalue weighted by molar-refractivity contribution is -0.121. The smallest absolute Gasteiger partial charge is 0.245 e. The first-order valence-electron chi connectivity index (χ1n) is 8.51. The molecule has 1 heterocycles. The van der Waals surface area contributed by atoms with Gasteiger partial charge in [-0.15, -0.1) is 0 Å². The van der Waals surface area contributed by atoms with E-state index in [1.807, 2.05) is 0 Å². The van der Waals surface area contributed by atoms with Crippen LogP contribution in [-0.4, -0.2) is 37.8 Å². The fourth-order valence-corrected chi connectivity index (χ4v) is 4.76. The Bertz CT molecular complexity index is 704. The van der Waals surface area contributed by atoms with Gasteiger partial charge in [0.1, 0.15) is 10.7 Å². The molecule has 0 spiro atoms. The van der Waals surface area contributed by atoms with Crippen molar-refractivity contribution in [3.05, 3.63) is 30.1 Å². The van der Waals surface area contributed by atoms with Crippen LogP contribution in [0.2, 0.25) is 0 Å². The summed E-state index contributed by atoms with van der Waals surface area (Å²) in [5.74, 6) is -0.528. The molecule has 0 radical (unpaired) electrons. The number of amides is 1. The molecule has 1 aliphatic carbocycles. The SMILES string of the molecule is O=C(CCC1CCCN(S(=O)(=O)c2ccccc2F)C1)NC1CC1. The van der Waals surface area contributed by atoms with Crippen LogP contribution in [0.15, 0.2) is 29.2 Å². The van der Waals surface area contributed by atoms with Gasteiger partial charge in [-0.25, -0.2) is 12.8 Å². The maximum atomic E-state index is 13.9. The van der Waals surface area contributed by atoms with Crippen molar-refractivity contribution < 1.29 is 17.6 Å². The van der Waals surface area contributed by atoms with E-state index < -0.39 is 15.8 Å². The number of nitrogens with one attached hydrogen (secondary N) is 1. The molecular weight excluding hydrogens is 331 g/mol. The summed E-state index contributed by atoms with van der Waals surface area (Å²) in [6.45, 7) is 0.759. The third-order valence-corrected chi connectivity index (χ3v) is 6.56. The van der Waals surface area contributed by atoms with E-state index in [4.69, 9.17) is 0 Å². The normalized spacial score (nSPS) is 22.3. The zero-order chi connectivity index (χ0) is 17.2. The average Bonchev–Trinajstić information content (AvgIpc) is 3.37. The molecule has 1 aromatic rings. The highest BCUT2D eigenvalue weighted by Crippen LogP contribution is 2.27. The first-order chi connectivity index (χ1) is 11.5. The molecule has 132 valence electrons. The van der Waals surface area contributed by atoms with Gasteiger partial charge in [0, 0.05) is 25.6 Å². The van der Waals surface area contributed by atoms with Gasteiger partial charge in [0.25, 0.3) is 0 Å². The second-order valence-electron chi connectivity index (χ2n) is 6.68. The van der Waals surface area contributed by atoms with Crippen LogP contribution in [0, 0.1) is 11.7 Å². The third-order valence-electron chi connectivity index (χ3n) is 4.66. The van der Waals surface area contributed by atoms with Crippen molar-refractivity contribution in [2.45, 2.75) is 49.5 Å². The van der Waals surface area contributed by atoms with Gasteiger partial charge < -0.3 is 5.32 Å². The van der Waals surface area contributed by atoms with Gasteiger partial charge in [0.05, 0.1) is 0 Å². The van der Waals surface area contributed by atoms with E-state index >= 15 is 0 Å². The van der Waals surface area contributed by atoms with Crippen LogP contribution in [-0.2, 0) is 14.8 Å². The molecule has 1 unspecified atom stereocenters. The van der Waals surface area contributed by atoms with Crippen molar-refractivity contribution in [2.24, 2.45) is 5.92 Å². The summed E-state index contributed by atoms with van der Waals surface area (Å²) < 4.78 is 40.5. The highest BCUT2D eigenvalue weighted by atomic mass is 32.2. The molecule has 2 aliphatic rings. The summed E-state index contributed by atoms with van der Waals surface area (Å²) in [5.41, 5.74) is 0. The van der Waals surface area contributed by atoms with E-state index in [0.29, 0.717) is 32.0 Å². The Morgan fingerprint density at radius 1 is 1.25 bits per heavy atom. The van der Waals surface area contributed by atoms with E-state index in [0.717, 1.165) is 31.7 Å². The van der Waals surface area contributed by atoms with E-state index in [1.54, 1.807) is 0 Å². The molecule has 24 heavy (non-hydrogen) atoms. The molecule has 1 amide bonds.